The smallest absolute Gasteiger partial charge is 0.249 e. The fourth-order valence-corrected chi connectivity index (χ4v) is 3.65. The third-order valence-corrected chi connectivity index (χ3v) is 5.50. The summed E-state index contributed by atoms with van der Waals surface area (Å²) in [5.41, 5.74) is 0.806. The molecular weight excluding hydrogens is 416 g/mol. The van der Waals surface area contributed by atoms with Crippen LogP contribution in [0.1, 0.15) is 44.5 Å². The second kappa shape index (κ2) is 9.61. The monoisotopic (exact) mass is 438 g/mol. The van der Waals surface area contributed by atoms with Gasteiger partial charge in [-0.15, -0.1) is 11.3 Å². The molecule has 4 aromatic rings. The number of nitrogens with zero attached hydrogens (tertiary/aromatic N) is 5. The van der Waals surface area contributed by atoms with E-state index in [0.29, 0.717) is 42.7 Å². The zero-order valence-electron chi connectivity index (χ0n) is 17.2. The first-order chi connectivity index (χ1) is 15.1. The van der Waals surface area contributed by atoms with Crippen molar-refractivity contribution < 1.29 is 13.8 Å². The molecule has 1 N–H and O–H groups in total. The molecule has 0 aromatic carbocycles. The molecule has 9 nitrogen and oxygen atoms in total. The number of carbonyl (C=O) groups is 1. The number of amides is 1. The van der Waals surface area contributed by atoms with Crippen LogP contribution in [-0.4, -0.2) is 31.2 Å². The Balaban J connectivity index is 1.31. The first-order valence-electron chi connectivity index (χ1n) is 10.00. The van der Waals surface area contributed by atoms with Crippen molar-refractivity contribution in [1.29, 1.82) is 0 Å². The van der Waals surface area contributed by atoms with Crippen LogP contribution < -0.4 is 5.32 Å². The highest BCUT2D eigenvalue weighted by Crippen LogP contribution is 2.24. The Morgan fingerprint density at radius 1 is 1.10 bits per heavy atom. The maximum atomic E-state index is 12.5. The summed E-state index contributed by atoms with van der Waals surface area (Å²) in [6.07, 6.45) is 4.78. The van der Waals surface area contributed by atoms with Gasteiger partial charge in [0, 0.05) is 30.8 Å². The highest BCUT2D eigenvalue weighted by Gasteiger charge is 2.25. The van der Waals surface area contributed by atoms with Gasteiger partial charge >= 0.3 is 0 Å². The van der Waals surface area contributed by atoms with Gasteiger partial charge in [-0.2, -0.15) is 9.97 Å². The van der Waals surface area contributed by atoms with Crippen LogP contribution in [0.4, 0.5) is 0 Å². The molecule has 10 heteroatoms. The summed E-state index contributed by atoms with van der Waals surface area (Å²) in [4.78, 5) is 26.3. The lowest BCUT2D eigenvalue weighted by molar-refractivity contribution is -0.122. The fourth-order valence-electron chi connectivity index (χ4n) is 3.00. The summed E-state index contributed by atoms with van der Waals surface area (Å²) in [6, 6.07) is 7.12. The quantitative estimate of drug-likeness (QED) is 0.415. The maximum absolute atomic E-state index is 12.5. The lowest BCUT2D eigenvalue weighted by Crippen LogP contribution is -2.31. The summed E-state index contributed by atoms with van der Waals surface area (Å²) < 4.78 is 10.7. The number of carbonyl (C=O) groups excluding carboxylic acids is 1. The molecule has 4 rings (SSSR count). The van der Waals surface area contributed by atoms with Gasteiger partial charge in [0.15, 0.2) is 0 Å². The minimum absolute atomic E-state index is 0.0824. The Kier molecular flexibility index (Phi) is 6.46. The van der Waals surface area contributed by atoms with Crippen molar-refractivity contribution in [2.24, 2.45) is 5.92 Å². The highest BCUT2D eigenvalue weighted by atomic mass is 32.1. The lowest BCUT2D eigenvalue weighted by atomic mass is 10.0. The van der Waals surface area contributed by atoms with Crippen LogP contribution in [0.3, 0.4) is 0 Å². The van der Waals surface area contributed by atoms with Crippen molar-refractivity contribution in [1.82, 2.24) is 30.6 Å². The number of nitrogens with one attached hydrogen (secondary N) is 1. The molecule has 0 saturated carbocycles. The highest BCUT2D eigenvalue weighted by molar-refractivity contribution is 7.13. The molecule has 0 spiro atoms. The number of rotatable bonds is 9. The second-order valence-electron chi connectivity index (χ2n) is 7.32. The maximum Gasteiger partial charge on any atom is 0.249 e. The van der Waals surface area contributed by atoms with Crippen molar-refractivity contribution in [3.05, 3.63) is 53.8 Å². The fraction of sp³-hybridized carbons (Fsp3) is 0.333. The van der Waals surface area contributed by atoms with Crippen molar-refractivity contribution in [3.8, 4) is 22.1 Å². The number of aromatic nitrogens is 5. The van der Waals surface area contributed by atoms with Gasteiger partial charge in [-0.3, -0.25) is 9.78 Å². The topological polar surface area (TPSA) is 120 Å². The van der Waals surface area contributed by atoms with E-state index in [1.165, 1.54) is 0 Å². The van der Waals surface area contributed by atoms with Crippen LogP contribution in [0, 0.1) is 5.92 Å². The first-order valence-corrected chi connectivity index (χ1v) is 10.9. The van der Waals surface area contributed by atoms with E-state index < -0.39 is 0 Å². The predicted octanol–water partition coefficient (Wildman–Crippen LogP) is 4.08. The Morgan fingerprint density at radius 3 is 2.65 bits per heavy atom. The largest absolute Gasteiger partial charge is 0.344 e. The average molecular weight is 439 g/mol. The van der Waals surface area contributed by atoms with Gasteiger partial charge in [0.05, 0.1) is 4.88 Å². The molecule has 0 fully saturated rings. The van der Waals surface area contributed by atoms with E-state index in [0.717, 1.165) is 10.4 Å². The Labute approximate surface area is 182 Å². The molecule has 1 atom stereocenters. The van der Waals surface area contributed by atoms with Crippen molar-refractivity contribution >= 4 is 17.2 Å². The summed E-state index contributed by atoms with van der Waals surface area (Å²) in [5.74, 6) is 1.94. The standard InChI is InChI=1S/C21H22N6O3S/c1-13(2)18(21-25-19(26-30-21)14-8-10-22-11-9-14)23-16(28)6-3-7-17-24-20(27-29-17)15-5-4-12-31-15/h4-5,8-13,18H,3,6-7H2,1-2H3,(H,23,28). The Morgan fingerprint density at radius 2 is 1.90 bits per heavy atom. The molecule has 0 saturated heterocycles. The van der Waals surface area contributed by atoms with Crippen LogP contribution in [0.15, 0.2) is 51.1 Å². The molecule has 0 aliphatic heterocycles. The molecule has 31 heavy (non-hydrogen) atoms. The molecule has 160 valence electrons. The zero-order valence-corrected chi connectivity index (χ0v) is 18.0. The number of hydrogen-bond donors (Lipinski definition) is 1. The third kappa shape index (κ3) is 5.21. The molecule has 4 heterocycles. The van der Waals surface area contributed by atoms with Gasteiger partial charge in [-0.05, 0) is 35.9 Å². The summed E-state index contributed by atoms with van der Waals surface area (Å²) in [5, 5.41) is 13.0. The van der Waals surface area contributed by atoms with E-state index in [2.05, 4.69) is 30.6 Å². The van der Waals surface area contributed by atoms with Gasteiger partial charge in [-0.25, -0.2) is 0 Å². The summed E-state index contributed by atoms with van der Waals surface area (Å²) in [6.45, 7) is 3.98. The molecule has 0 radical (unpaired) electrons. The Hall–Kier alpha value is -3.40. The SMILES string of the molecule is CC(C)C(NC(=O)CCCc1nc(-c2cccs2)no1)c1nc(-c2ccncc2)no1. The van der Waals surface area contributed by atoms with Gasteiger partial charge in [-0.1, -0.05) is 30.2 Å². The molecule has 1 unspecified atom stereocenters. The van der Waals surface area contributed by atoms with Crippen molar-refractivity contribution in [3.63, 3.8) is 0 Å². The molecule has 0 aliphatic rings. The van der Waals surface area contributed by atoms with E-state index >= 15 is 0 Å². The van der Waals surface area contributed by atoms with E-state index in [-0.39, 0.29) is 17.9 Å². The number of thiophene rings is 1. The lowest BCUT2D eigenvalue weighted by Gasteiger charge is -2.18. The zero-order chi connectivity index (χ0) is 21.6. The predicted molar refractivity (Wildman–Crippen MR) is 114 cm³/mol. The van der Waals surface area contributed by atoms with Gasteiger partial charge < -0.3 is 14.4 Å². The molecule has 4 aromatic heterocycles. The number of pyridine rings is 1. The molecule has 1 amide bonds. The Bertz CT molecular complexity index is 1110. The first kappa shape index (κ1) is 20.9. The average Bonchev–Trinajstić information content (AvgIpc) is 3.54. The van der Waals surface area contributed by atoms with E-state index in [9.17, 15) is 4.79 Å². The second-order valence-corrected chi connectivity index (χ2v) is 8.27. The number of hydrogen-bond acceptors (Lipinski definition) is 9. The molecular formula is C21H22N6O3S. The van der Waals surface area contributed by atoms with Crippen LogP contribution in [0.5, 0.6) is 0 Å². The van der Waals surface area contributed by atoms with Crippen LogP contribution in [0.25, 0.3) is 22.1 Å². The third-order valence-electron chi connectivity index (χ3n) is 4.63. The van der Waals surface area contributed by atoms with Gasteiger partial charge in [0.1, 0.15) is 6.04 Å². The minimum atomic E-state index is -0.371. The summed E-state index contributed by atoms with van der Waals surface area (Å²) >= 11 is 1.55. The summed E-state index contributed by atoms with van der Waals surface area (Å²) in [7, 11) is 0. The van der Waals surface area contributed by atoms with E-state index in [4.69, 9.17) is 9.05 Å². The van der Waals surface area contributed by atoms with Gasteiger partial charge in [0.2, 0.25) is 29.3 Å². The van der Waals surface area contributed by atoms with Crippen LogP contribution in [0.2, 0.25) is 0 Å². The molecule has 0 bridgehead atoms. The van der Waals surface area contributed by atoms with E-state index in [1.54, 1.807) is 35.9 Å². The normalized spacial score (nSPS) is 12.2. The minimum Gasteiger partial charge on any atom is -0.344 e. The van der Waals surface area contributed by atoms with Crippen LogP contribution >= 0.6 is 11.3 Å². The van der Waals surface area contributed by atoms with Crippen molar-refractivity contribution in [2.45, 2.75) is 39.2 Å². The molecule has 0 aliphatic carbocycles. The van der Waals surface area contributed by atoms with Crippen molar-refractivity contribution in [2.75, 3.05) is 0 Å². The van der Waals surface area contributed by atoms with E-state index in [1.807, 2.05) is 31.4 Å². The number of aryl methyl sites for hydroxylation is 1. The van der Waals surface area contributed by atoms with Crippen LogP contribution in [-0.2, 0) is 11.2 Å². The van der Waals surface area contributed by atoms with Gasteiger partial charge in [0.25, 0.3) is 0 Å².